The molecule has 0 aromatic carbocycles. The lowest BCUT2D eigenvalue weighted by molar-refractivity contribution is -0.150. The second-order valence-electron chi connectivity index (χ2n) is 5.91. The first kappa shape index (κ1) is 16.0. The number of carbonyl (C=O) groups is 1. The molecule has 118 valence electrons. The first-order valence-corrected chi connectivity index (χ1v) is 7.65. The Labute approximate surface area is 126 Å². The minimum absolute atomic E-state index is 0.00920. The molecule has 1 aromatic rings. The van der Waals surface area contributed by atoms with Crippen LogP contribution in [0.15, 0.2) is 22.8 Å². The van der Waals surface area contributed by atoms with Gasteiger partial charge in [0, 0.05) is 26.1 Å². The summed E-state index contributed by atoms with van der Waals surface area (Å²) in [7, 11) is 0. The Bertz CT molecular complexity index is 416. The van der Waals surface area contributed by atoms with E-state index in [0.717, 1.165) is 25.4 Å². The molecule has 0 radical (unpaired) electrons. The van der Waals surface area contributed by atoms with Gasteiger partial charge in [0.15, 0.2) is 0 Å². The number of hydrogen-bond donors (Lipinski definition) is 0. The van der Waals surface area contributed by atoms with Crippen molar-refractivity contribution in [3.8, 4) is 0 Å². The first-order valence-electron chi connectivity index (χ1n) is 7.65. The van der Waals surface area contributed by atoms with Crippen LogP contribution < -0.4 is 0 Å². The van der Waals surface area contributed by atoms with Gasteiger partial charge in [-0.05, 0) is 18.1 Å². The van der Waals surface area contributed by atoms with E-state index in [0.29, 0.717) is 32.0 Å². The Kier molecular flexibility index (Phi) is 6.26. The minimum atomic E-state index is -0.198. The molecule has 1 fully saturated rings. The first-order chi connectivity index (χ1) is 10.1. The Morgan fingerprint density at radius 2 is 2.38 bits per heavy atom. The molecule has 0 spiro atoms. The van der Waals surface area contributed by atoms with Gasteiger partial charge in [-0.25, -0.2) is 0 Å². The number of rotatable bonds is 7. The molecular weight excluding hydrogens is 270 g/mol. The van der Waals surface area contributed by atoms with Crippen molar-refractivity contribution in [3.05, 3.63) is 24.2 Å². The summed E-state index contributed by atoms with van der Waals surface area (Å²) in [5.41, 5.74) is 0. The summed E-state index contributed by atoms with van der Waals surface area (Å²) in [6, 6.07) is 3.68. The molecule has 0 saturated carbocycles. The molecule has 0 bridgehead atoms. The van der Waals surface area contributed by atoms with Crippen molar-refractivity contribution in [2.24, 2.45) is 5.92 Å². The van der Waals surface area contributed by atoms with Crippen LogP contribution in [0.2, 0.25) is 0 Å². The van der Waals surface area contributed by atoms with Gasteiger partial charge in [0.1, 0.15) is 18.5 Å². The predicted molar refractivity (Wildman–Crippen MR) is 79.0 cm³/mol. The third-order valence-electron chi connectivity index (χ3n) is 3.43. The number of esters is 1. The van der Waals surface area contributed by atoms with E-state index in [9.17, 15) is 4.79 Å². The van der Waals surface area contributed by atoms with Crippen molar-refractivity contribution in [1.29, 1.82) is 0 Å². The van der Waals surface area contributed by atoms with E-state index >= 15 is 0 Å². The zero-order chi connectivity index (χ0) is 15.1. The molecule has 1 aliphatic rings. The lowest BCUT2D eigenvalue weighted by atomic mass is 10.2. The highest BCUT2D eigenvalue weighted by Crippen LogP contribution is 2.09. The van der Waals surface area contributed by atoms with Gasteiger partial charge < -0.3 is 13.9 Å². The van der Waals surface area contributed by atoms with Crippen LogP contribution in [0.4, 0.5) is 0 Å². The molecule has 1 aromatic heterocycles. The highest BCUT2D eigenvalue weighted by Gasteiger charge is 2.22. The minimum Gasteiger partial charge on any atom is -0.469 e. The van der Waals surface area contributed by atoms with Crippen LogP contribution in [0, 0.1) is 5.92 Å². The molecule has 2 rings (SSSR count). The third kappa shape index (κ3) is 5.89. The molecule has 0 N–H and O–H groups in total. The van der Waals surface area contributed by atoms with Crippen molar-refractivity contribution in [1.82, 2.24) is 4.90 Å². The van der Waals surface area contributed by atoms with Crippen molar-refractivity contribution >= 4 is 5.97 Å². The number of nitrogens with zero attached hydrogens (tertiary/aromatic N) is 1. The van der Waals surface area contributed by atoms with Crippen molar-refractivity contribution in [2.45, 2.75) is 32.8 Å². The van der Waals surface area contributed by atoms with Gasteiger partial charge in [-0.1, -0.05) is 13.8 Å². The number of hydrogen-bond acceptors (Lipinski definition) is 5. The normalized spacial score (nSPS) is 19.9. The lowest BCUT2D eigenvalue weighted by Gasteiger charge is -2.33. The maximum atomic E-state index is 11.7. The number of aryl methyl sites for hydroxylation is 1. The Morgan fingerprint density at radius 3 is 3.10 bits per heavy atom. The molecule has 0 amide bonds. The van der Waals surface area contributed by atoms with E-state index in [2.05, 4.69) is 18.7 Å². The quantitative estimate of drug-likeness (QED) is 0.721. The van der Waals surface area contributed by atoms with Crippen LogP contribution >= 0.6 is 0 Å². The molecule has 0 aliphatic carbocycles. The average molecular weight is 295 g/mol. The van der Waals surface area contributed by atoms with E-state index in [4.69, 9.17) is 13.9 Å². The fourth-order valence-corrected chi connectivity index (χ4v) is 2.50. The van der Waals surface area contributed by atoms with E-state index in [1.807, 2.05) is 12.1 Å². The van der Waals surface area contributed by atoms with Gasteiger partial charge in [-0.15, -0.1) is 0 Å². The van der Waals surface area contributed by atoms with Gasteiger partial charge in [0.05, 0.1) is 19.3 Å². The van der Waals surface area contributed by atoms with E-state index < -0.39 is 0 Å². The van der Waals surface area contributed by atoms with Gasteiger partial charge in [-0.2, -0.15) is 0 Å². The topological polar surface area (TPSA) is 51.9 Å². The standard InChI is InChI=1S/C16H25NO4/c1-13(2)10-17-7-9-20-15(11-17)12-21-16(18)6-5-14-4-3-8-19-14/h3-4,8,13,15H,5-7,9-12H2,1-2H3. The number of carbonyl (C=O) groups excluding carboxylic acids is 1. The summed E-state index contributed by atoms with van der Waals surface area (Å²) in [6.07, 6.45) is 2.53. The van der Waals surface area contributed by atoms with Gasteiger partial charge in [0.2, 0.25) is 0 Å². The second-order valence-corrected chi connectivity index (χ2v) is 5.91. The van der Waals surface area contributed by atoms with Crippen LogP contribution in [0.3, 0.4) is 0 Å². The maximum Gasteiger partial charge on any atom is 0.306 e. The Hall–Kier alpha value is -1.33. The summed E-state index contributed by atoms with van der Waals surface area (Å²) in [6.45, 7) is 8.32. The van der Waals surface area contributed by atoms with E-state index in [1.165, 1.54) is 0 Å². The number of morpholine rings is 1. The maximum absolute atomic E-state index is 11.7. The second kappa shape index (κ2) is 8.20. The zero-order valence-corrected chi connectivity index (χ0v) is 12.9. The molecule has 5 nitrogen and oxygen atoms in total. The van der Waals surface area contributed by atoms with Crippen LogP contribution in [0.5, 0.6) is 0 Å². The molecule has 1 saturated heterocycles. The molecule has 2 heterocycles. The summed E-state index contributed by atoms with van der Waals surface area (Å²) in [5, 5.41) is 0. The molecule has 21 heavy (non-hydrogen) atoms. The van der Waals surface area contributed by atoms with Crippen molar-refractivity contribution < 1.29 is 18.7 Å². The Morgan fingerprint density at radius 1 is 1.52 bits per heavy atom. The van der Waals surface area contributed by atoms with Gasteiger partial charge in [0.25, 0.3) is 0 Å². The van der Waals surface area contributed by atoms with Crippen LogP contribution in [0.25, 0.3) is 0 Å². The fraction of sp³-hybridized carbons (Fsp3) is 0.688. The highest BCUT2D eigenvalue weighted by molar-refractivity contribution is 5.69. The van der Waals surface area contributed by atoms with E-state index in [-0.39, 0.29) is 12.1 Å². The molecule has 5 heteroatoms. The molecule has 1 unspecified atom stereocenters. The summed E-state index contributed by atoms with van der Waals surface area (Å²) >= 11 is 0. The summed E-state index contributed by atoms with van der Waals surface area (Å²) < 4.78 is 16.1. The smallest absolute Gasteiger partial charge is 0.306 e. The Balaban J connectivity index is 1.63. The SMILES string of the molecule is CC(C)CN1CCOC(COC(=O)CCc2ccco2)C1. The molecule has 1 aliphatic heterocycles. The number of ether oxygens (including phenoxy) is 2. The summed E-state index contributed by atoms with van der Waals surface area (Å²) in [4.78, 5) is 14.1. The predicted octanol–water partition coefficient (Wildman–Crippen LogP) is 2.11. The highest BCUT2D eigenvalue weighted by atomic mass is 16.6. The lowest BCUT2D eigenvalue weighted by Crippen LogP contribution is -2.45. The summed E-state index contributed by atoms with van der Waals surface area (Å²) in [5.74, 6) is 1.25. The molecular formula is C16H25NO4. The number of furan rings is 1. The van der Waals surface area contributed by atoms with E-state index in [1.54, 1.807) is 6.26 Å². The zero-order valence-electron chi connectivity index (χ0n) is 12.9. The van der Waals surface area contributed by atoms with Crippen LogP contribution in [-0.2, 0) is 20.7 Å². The monoisotopic (exact) mass is 295 g/mol. The van der Waals surface area contributed by atoms with Gasteiger partial charge >= 0.3 is 5.97 Å². The van der Waals surface area contributed by atoms with Crippen molar-refractivity contribution in [3.63, 3.8) is 0 Å². The van der Waals surface area contributed by atoms with Crippen molar-refractivity contribution in [2.75, 3.05) is 32.8 Å². The third-order valence-corrected chi connectivity index (χ3v) is 3.43. The molecule has 1 atom stereocenters. The van der Waals surface area contributed by atoms with Crippen LogP contribution in [-0.4, -0.2) is 49.8 Å². The van der Waals surface area contributed by atoms with Gasteiger partial charge in [-0.3, -0.25) is 9.69 Å². The van der Waals surface area contributed by atoms with Crippen LogP contribution in [0.1, 0.15) is 26.0 Å². The average Bonchev–Trinajstić information content (AvgIpc) is 2.96. The fourth-order valence-electron chi connectivity index (χ4n) is 2.50. The largest absolute Gasteiger partial charge is 0.469 e.